The Hall–Kier alpha value is -18.7. The van der Waals surface area contributed by atoms with Crippen molar-refractivity contribution in [2.45, 2.75) is 20.0 Å². The highest BCUT2D eigenvalue weighted by molar-refractivity contribution is 6.35. The molecule has 5 amide bonds. The number of hydrogen-bond donors (Lipinski definition) is 10. The second-order valence-corrected chi connectivity index (χ2v) is 32.4. The number of aromatic nitrogens is 15. The summed E-state index contributed by atoms with van der Waals surface area (Å²) in [5.74, 6) is -1.46. The van der Waals surface area contributed by atoms with E-state index in [-0.39, 0.29) is 69.2 Å². The molecule has 728 valence electrons. The summed E-state index contributed by atoms with van der Waals surface area (Å²) in [6.45, 7) is 3.23. The van der Waals surface area contributed by atoms with Gasteiger partial charge in [0, 0.05) is 79.7 Å². The zero-order valence-electron chi connectivity index (χ0n) is 77.4. The summed E-state index contributed by atoms with van der Waals surface area (Å²) in [4.78, 5) is 83.3. The number of nitrogen functional groups attached to an aromatic ring is 5. The molecule has 0 aliphatic carbocycles. The average Bonchev–Trinajstić information content (AvgIpc) is 1.40. The second kappa shape index (κ2) is 43.5. The molecule has 0 aliphatic rings. The third kappa shape index (κ3) is 23.1. The summed E-state index contributed by atoms with van der Waals surface area (Å²) >= 11 is 12.2. The van der Waals surface area contributed by atoms with Crippen LogP contribution in [0.15, 0.2) is 293 Å². The number of hydrogen-bond acceptors (Lipinski definition) is 24. The van der Waals surface area contributed by atoms with Gasteiger partial charge in [-0.25, -0.2) is 38.1 Å². The predicted molar refractivity (Wildman–Crippen MR) is 536 cm³/mol. The maximum atomic E-state index is 14.5. The normalized spacial score (nSPS) is 10.9. The first kappa shape index (κ1) is 99.7. The Morgan fingerprint density at radius 3 is 1.15 bits per heavy atom. The molecule has 0 radical (unpaired) electrons. The number of methoxy groups -OCH3 is 1. The van der Waals surface area contributed by atoms with E-state index in [1.54, 1.807) is 154 Å². The highest BCUT2D eigenvalue weighted by atomic mass is 35.5. The molecule has 34 nitrogen and oxygen atoms in total. The van der Waals surface area contributed by atoms with Crippen molar-refractivity contribution in [3.8, 4) is 108 Å². The van der Waals surface area contributed by atoms with Gasteiger partial charge >= 0.3 is 6.18 Å². The fourth-order valence-electron chi connectivity index (χ4n) is 14.7. The number of benzene rings is 6. The number of nitrogens with one attached hydrogen (secondary N) is 5. The number of aryl methyl sites for hydroxylation is 6. The zero-order chi connectivity index (χ0) is 102. The van der Waals surface area contributed by atoms with Crippen LogP contribution in [0, 0.1) is 31.3 Å². The number of halogens is 8. The van der Waals surface area contributed by atoms with E-state index >= 15 is 0 Å². The Morgan fingerprint density at radius 1 is 0.361 bits per heavy atom. The topological polar surface area (TPSA) is 478 Å². The van der Waals surface area contributed by atoms with Gasteiger partial charge in [0.2, 0.25) is 0 Å². The van der Waals surface area contributed by atoms with Crippen LogP contribution < -0.4 is 60.0 Å². The van der Waals surface area contributed by atoms with Gasteiger partial charge in [-0.05, 0) is 196 Å². The van der Waals surface area contributed by atoms with E-state index in [0.717, 1.165) is 63.0 Å². The molecule has 0 saturated carbocycles. The summed E-state index contributed by atoms with van der Waals surface area (Å²) in [6.07, 6.45) is 0.134. The fraction of sp³-hybridized carbons (Fsp3) is 0.0882. The highest BCUT2D eigenvalue weighted by Gasteiger charge is 2.36. The fourth-order valence-corrected chi connectivity index (χ4v) is 15.1. The Kier molecular flexibility index (Phi) is 30.2. The van der Waals surface area contributed by atoms with Gasteiger partial charge in [-0.3, -0.25) is 47.4 Å². The van der Waals surface area contributed by atoms with Crippen LogP contribution in [-0.4, -0.2) is 110 Å². The van der Waals surface area contributed by atoms with E-state index in [2.05, 4.69) is 77.0 Å². The number of pyridine rings is 5. The largest absolute Gasteiger partial charge is 0.493 e. The van der Waals surface area contributed by atoms with Crippen LogP contribution in [0.25, 0.3) is 102 Å². The molecule has 0 unspecified atom stereocenters. The minimum absolute atomic E-state index is 0.0478. The Bertz CT molecular complexity index is 7780. The summed E-state index contributed by atoms with van der Waals surface area (Å²) in [7, 11) is 9.72. The van der Waals surface area contributed by atoms with E-state index < -0.39 is 52.4 Å². The van der Waals surface area contributed by atoms with Gasteiger partial charge in [-0.15, -0.1) is 0 Å². The van der Waals surface area contributed by atoms with E-state index in [0.29, 0.717) is 113 Å². The van der Waals surface area contributed by atoms with Crippen LogP contribution in [0.5, 0.6) is 5.75 Å². The predicted octanol–water partition coefficient (Wildman–Crippen LogP) is 20.4. The molecular formula is C102H85Cl2F6N25O9. The van der Waals surface area contributed by atoms with Crippen molar-refractivity contribution in [3.63, 3.8) is 0 Å². The van der Waals surface area contributed by atoms with E-state index in [4.69, 9.17) is 69.9 Å². The number of carbonyl (C=O) groups excluding carboxylic acids is 5. The van der Waals surface area contributed by atoms with Crippen molar-refractivity contribution < 1.29 is 68.3 Å². The Labute approximate surface area is 825 Å². The molecule has 19 aromatic rings. The van der Waals surface area contributed by atoms with Gasteiger partial charge < -0.3 is 73.2 Å². The summed E-state index contributed by atoms with van der Waals surface area (Å²) in [6, 6.07) is 72.9. The van der Waals surface area contributed by atoms with Crippen LogP contribution >= 0.6 is 23.2 Å². The number of furan rings is 3. The van der Waals surface area contributed by atoms with Gasteiger partial charge in [-0.2, -0.15) is 38.7 Å². The third-order valence-electron chi connectivity index (χ3n) is 21.8. The standard InChI is InChI=1S/C22H18ClN5O.C21H19N5O2.C20H16ClN5O2.C20H16FN5O2.C19H16F5N5O2/c1-28-19(13-18(27-28)14-7-3-2-4-8-14)16-11-12-20(24)25-21(16)26-22(29)15-9-5-6-10-17(15)23;1-13-5-3-6-14(11-13)21(27)24-19-9-8-15(20(22)23-19)17-12-16(25-26(17)2)18-7-4-10-28-18;2*1-26-16(11-15(25-26)17-7-4-10-28-17)13-8-9-18(23-19(13)22)24-20(27)12-5-2-3-6-14(12)21;1-8-11(20)6-10(15(21)16(8)31-3)18(30)27-14-5-4-9(17(25)26-14)12-7-13(19(22,23)24)28-29(12)2/h2-13H,1H3,(H3,24,25,26,29);3-12H,1-2H3,(H3,22,23,24,27);2*2-11H,1H3,(H3,22,23,24,27);4-7H,1-3H3,(H3,25,26,27,30). The molecule has 144 heavy (non-hydrogen) atoms. The number of amides is 5. The number of alkyl halides is 3. The van der Waals surface area contributed by atoms with Gasteiger partial charge in [0.1, 0.15) is 86.9 Å². The first-order valence-electron chi connectivity index (χ1n) is 43.2. The number of nitrogens with zero attached hydrogens (tertiary/aromatic N) is 15. The minimum atomic E-state index is -4.64. The first-order valence-corrected chi connectivity index (χ1v) is 44.0. The maximum Gasteiger partial charge on any atom is 0.435 e. The molecule has 0 saturated heterocycles. The minimum Gasteiger partial charge on any atom is -0.493 e. The molecule has 6 aromatic carbocycles. The highest BCUT2D eigenvalue weighted by Crippen LogP contribution is 2.39. The molecule has 13 aromatic heterocycles. The monoisotopic (exact) mass is 1990 g/mol. The molecule has 0 bridgehead atoms. The van der Waals surface area contributed by atoms with Crippen LogP contribution in [0.3, 0.4) is 0 Å². The van der Waals surface area contributed by atoms with Gasteiger partial charge in [0.25, 0.3) is 29.5 Å². The number of nitrogens with two attached hydrogens (primary N) is 5. The summed E-state index contributed by atoms with van der Waals surface area (Å²) < 4.78 is 110. The maximum absolute atomic E-state index is 14.5. The molecule has 0 fully saturated rings. The zero-order valence-corrected chi connectivity index (χ0v) is 78.9. The van der Waals surface area contributed by atoms with Crippen LogP contribution in [0.1, 0.15) is 68.6 Å². The smallest absolute Gasteiger partial charge is 0.435 e. The molecule has 0 spiro atoms. The van der Waals surface area contributed by atoms with E-state index in [1.807, 2.05) is 137 Å². The molecule has 15 N–H and O–H groups in total. The molecule has 0 atom stereocenters. The number of anilines is 10. The average molecular weight is 1990 g/mol. The number of ether oxygens (including phenoxy) is 1. The number of rotatable bonds is 20. The van der Waals surface area contributed by atoms with Gasteiger partial charge in [0.05, 0.1) is 92.4 Å². The second-order valence-electron chi connectivity index (χ2n) is 31.6. The Balaban J connectivity index is 0.000000135. The quantitative estimate of drug-likeness (QED) is 0.0317. The lowest BCUT2D eigenvalue weighted by Gasteiger charge is -2.12. The van der Waals surface area contributed by atoms with Crippen molar-refractivity contribution in [1.29, 1.82) is 0 Å². The molecule has 42 heteroatoms. The van der Waals surface area contributed by atoms with E-state index in [9.17, 15) is 50.3 Å². The van der Waals surface area contributed by atoms with Crippen molar-refractivity contribution in [2.75, 3.05) is 62.4 Å². The number of carbonyl (C=O) groups is 5. The van der Waals surface area contributed by atoms with Gasteiger partial charge in [-0.1, -0.05) is 108 Å². The lowest BCUT2D eigenvalue weighted by molar-refractivity contribution is -0.141. The van der Waals surface area contributed by atoms with E-state index in [1.165, 1.54) is 44.3 Å². The van der Waals surface area contributed by atoms with Crippen molar-refractivity contribution in [1.82, 2.24) is 73.8 Å². The molecule has 0 aliphatic heterocycles. The third-order valence-corrected chi connectivity index (χ3v) is 22.4. The lowest BCUT2D eigenvalue weighted by Crippen LogP contribution is -2.16. The van der Waals surface area contributed by atoms with Crippen LogP contribution in [-0.2, 0) is 41.4 Å². The molecule has 19 rings (SSSR count). The van der Waals surface area contributed by atoms with Crippen LogP contribution in [0.4, 0.5) is 84.5 Å². The van der Waals surface area contributed by atoms with Crippen molar-refractivity contribution in [2.24, 2.45) is 35.2 Å². The van der Waals surface area contributed by atoms with Gasteiger partial charge in [0.15, 0.2) is 34.5 Å². The lowest BCUT2D eigenvalue weighted by atomic mass is 10.1. The first-order chi connectivity index (χ1) is 69.0. The van der Waals surface area contributed by atoms with Crippen LogP contribution in [0.2, 0.25) is 10.0 Å². The SMILES string of the molecule is COc1c(C)c(F)cc(C(=O)Nc2ccc(-c3cc(C(F)(F)F)nn3C)c(N)n2)c1F.Cc1cccc(C(=O)Nc2ccc(-c3cc(-c4ccco4)nn3C)c(N)n2)c1.Cn1nc(-c2ccccc2)cc1-c1ccc(N)nc1NC(=O)c1ccccc1Cl.Cn1nc(-c2ccco2)cc1-c1ccc(NC(=O)c2ccccc2Cl)nc1N.Cn1nc(-c2ccco2)cc1-c1ccc(NC(=O)c2ccccc2F)nc1N. The summed E-state index contributed by atoms with van der Waals surface area (Å²) in [5.41, 5.74) is 40.5. The molecule has 13 heterocycles. The Morgan fingerprint density at radius 2 is 0.736 bits per heavy atom. The van der Waals surface area contributed by atoms with Crippen molar-refractivity contribution in [3.05, 3.63) is 352 Å². The van der Waals surface area contributed by atoms with Crippen molar-refractivity contribution >= 4 is 111 Å². The molecular weight excluding hydrogens is 1900 g/mol. The summed E-state index contributed by atoms with van der Waals surface area (Å²) in [5, 5.41) is 35.2.